The monoisotopic (exact) mass is 273 g/mol. The van der Waals surface area contributed by atoms with Gasteiger partial charge in [0.05, 0.1) is 0 Å². The minimum absolute atomic E-state index is 0.0985. The van der Waals surface area contributed by atoms with Crippen molar-refractivity contribution >= 4 is 12.0 Å². The van der Waals surface area contributed by atoms with Crippen LogP contribution in [0, 0.1) is 0 Å². The molecule has 1 atom stereocenters. The molecule has 6 nitrogen and oxygen atoms in total. The zero-order valence-electron chi connectivity index (χ0n) is 12.9. The van der Waals surface area contributed by atoms with E-state index in [-0.39, 0.29) is 24.2 Å². The molecule has 6 heteroatoms. The highest BCUT2D eigenvalue weighted by Gasteiger charge is 2.25. The number of urea groups is 1. The smallest absolute Gasteiger partial charge is 0.323 e. The van der Waals surface area contributed by atoms with Gasteiger partial charge in [0, 0.05) is 18.1 Å². The van der Waals surface area contributed by atoms with Gasteiger partial charge in [-0.3, -0.25) is 4.79 Å². The zero-order valence-corrected chi connectivity index (χ0v) is 12.9. The van der Waals surface area contributed by atoms with Crippen molar-refractivity contribution < 1.29 is 14.7 Å². The number of amides is 2. The van der Waals surface area contributed by atoms with Gasteiger partial charge in [0.15, 0.2) is 0 Å². The summed E-state index contributed by atoms with van der Waals surface area (Å²) in [6.07, 6.45) is 0.720. The predicted molar refractivity (Wildman–Crippen MR) is 75.3 cm³/mol. The number of carbonyl (C=O) groups is 2. The van der Waals surface area contributed by atoms with E-state index in [2.05, 4.69) is 5.32 Å². The third-order valence-electron chi connectivity index (χ3n) is 3.57. The number of nitrogens with one attached hydrogen (secondary N) is 1. The molecule has 0 saturated carbocycles. The van der Waals surface area contributed by atoms with Gasteiger partial charge in [-0.2, -0.15) is 0 Å². The second kappa shape index (κ2) is 7.33. The Morgan fingerprint density at radius 3 is 2.21 bits per heavy atom. The summed E-state index contributed by atoms with van der Waals surface area (Å²) in [5.74, 6) is -0.998. The van der Waals surface area contributed by atoms with Crippen molar-refractivity contribution in [2.75, 3.05) is 27.2 Å². The number of hydrogen-bond acceptors (Lipinski definition) is 3. The molecule has 0 aliphatic heterocycles. The highest BCUT2D eigenvalue weighted by Crippen LogP contribution is 2.09. The Hall–Kier alpha value is -1.30. The summed E-state index contributed by atoms with van der Waals surface area (Å²) >= 11 is 0. The molecule has 0 spiro atoms. The van der Waals surface area contributed by atoms with Crippen LogP contribution in [0.1, 0.15) is 34.1 Å². The first kappa shape index (κ1) is 17.7. The number of likely N-dealkylation sites (N-methyl/N-ethyl adjacent to an activating group) is 1. The Morgan fingerprint density at radius 2 is 1.84 bits per heavy atom. The SMILES string of the molecule is CCC(C)N(CC(=O)O)C(=O)NCC(C)(C)N(C)C. The van der Waals surface area contributed by atoms with E-state index in [1.54, 1.807) is 0 Å². The van der Waals surface area contributed by atoms with Crippen molar-refractivity contribution in [3.8, 4) is 0 Å². The summed E-state index contributed by atoms with van der Waals surface area (Å²) in [6, 6.07) is -0.426. The van der Waals surface area contributed by atoms with Gasteiger partial charge in [-0.05, 0) is 41.3 Å². The largest absolute Gasteiger partial charge is 0.480 e. The highest BCUT2D eigenvalue weighted by molar-refractivity contribution is 5.80. The van der Waals surface area contributed by atoms with Crippen LogP contribution in [0.2, 0.25) is 0 Å². The molecule has 0 aromatic heterocycles. The predicted octanol–water partition coefficient (Wildman–Crippen LogP) is 1.22. The molecule has 19 heavy (non-hydrogen) atoms. The van der Waals surface area contributed by atoms with Crippen LogP contribution < -0.4 is 5.32 Å². The Balaban J connectivity index is 4.61. The quantitative estimate of drug-likeness (QED) is 0.731. The van der Waals surface area contributed by atoms with E-state index in [9.17, 15) is 9.59 Å². The van der Waals surface area contributed by atoms with Crippen LogP contribution in [-0.4, -0.2) is 65.7 Å². The third kappa shape index (κ3) is 5.92. The second-order valence-corrected chi connectivity index (χ2v) is 5.64. The maximum atomic E-state index is 12.1. The van der Waals surface area contributed by atoms with E-state index in [0.29, 0.717) is 6.54 Å². The Kier molecular flexibility index (Phi) is 6.83. The lowest BCUT2D eigenvalue weighted by atomic mass is 10.0. The Bertz CT molecular complexity index is 316. The molecular formula is C13H27N3O3. The van der Waals surface area contributed by atoms with E-state index >= 15 is 0 Å². The number of hydrogen-bond donors (Lipinski definition) is 2. The molecule has 0 aliphatic rings. The zero-order chi connectivity index (χ0) is 15.2. The van der Waals surface area contributed by atoms with Gasteiger partial charge < -0.3 is 20.2 Å². The second-order valence-electron chi connectivity index (χ2n) is 5.64. The van der Waals surface area contributed by atoms with Crippen LogP contribution in [0.5, 0.6) is 0 Å². The van der Waals surface area contributed by atoms with Gasteiger partial charge in [-0.25, -0.2) is 4.79 Å². The summed E-state index contributed by atoms with van der Waals surface area (Å²) < 4.78 is 0. The standard InChI is InChI=1S/C13H27N3O3/c1-7-10(2)16(8-11(17)18)12(19)14-9-13(3,4)15(5)6/h10H,7-9H2,1-6H3,(H,14,19)(H,17,18). The van der Waals surface area contributed by atoms with Crippen molar-refractivity contribution in [1.29, 1.82) is 0 Å². The summed E-state index contributed by atoms with van der Waals surface area (Å²) in [5.41, 5.74) is -0.181. The third-order valence-corrected chi connectivity index (χ3v) is 3.57. The molecule has 2 amide bonds. The minimum Gasteiger partial charge on any atom is -0.480 e. The van der Waals surface area contributed by atoms with E-state index in [1.165, 1.54) is 4.90 Å². The van der Waals surface area contributed by atoms with Crippen molar-refractivity contribution in [2.45, 2.75) is 45.7 Å². The number of rotatable bonds is 7. The van der Waals surface area contributed by atoms with Crippen LogP contribution in [-0.2, 0) is 4.79 Å². The summed E-state index contributed by atoms with van der Waals surface area (Å²) in [7, 11) is 3.88. The minimum atomic E-state index is -0.998. The molecule has 0 aromatic carbocycles. The first-order valence-corrected chi connectivity index (χ1v) is 6.55. The molecule has 0 aliphatic carbocycles. The van der Waals surface area contributed by atoms with Gasteiger partial charge >= 0.3 is 12.0 Å². The summed E-state index contributed by atoms with van der Waals surface area (Å²) in [5, 5.41) is 11.7. The van der Waals surface area contributed by atoms with Crippen LogP contribution in [0.15, 0.2) is 0 Å². The fourth-order valence-corrected chi connectivity index (χ4v) is 1.35. The maximum Gasteiger partial charge on any atom is 0.323 e. The van der Waals surface area contributed by atoms with Gasteiger partial charge in [0.25, 0.3) is 0 Å². The molecule has 112 valence electrons. The number of carbonyl (C=O) groups excluding carboxylic acids is 1. The Labute approximate surface area is 115 Å². The van der Waals surface area contributed by atoms with Crippen LogP contribution in [0.4, 0.5) is 4.79 Å². The first-order chi connectivity index (χ1) is 8.61. The molecule has 0 radical (unpaired) electrons. The molecule has 0 aromatic rings. The fourth-order valence-electron chi connectivity index (χ4n) is 1.35. The van der Waals surface area contributed by atoms with E-state index in [1.807, 2.05) is 46.7 Å². The average Bonchev–Trinajstić information content (AvgIpc) is 2.31. The lowest BCUT2D eigenvalue weighted by molar-refractivity contribution is -0.138. The molecular weight excluding hydrogens is 246 g/mol. The lowest BCUT2D eigenvalue weighted by Crippen LogP contribution is -2.53. The van der Waals surface area contributed by atoms with Crippen molar-refractivity contribution in [3.05, 3.63) is 0 Å². The van der Waals surface area contributed by atoms with E-state index < -0.39 is 5.97 Å². The van der Waals surface area contributed by atoms with Crippen molar-refractivity contribution in [3.63, 3.8) is 0 Å². The van der Waals surface area contributed by atoms with Crippen LogP contribution >= 0.6 is 0 Å². The molecule has 0 fully saturated rings. The number of aliphatic carboxylic acids is 1. The Morgan fingerprint density at radius 1 is 1.32 bits per heavy atom. The molecule has 0 saturated heterocycles. The molecule has 0 bridgehead atoms. The van der Waals surface area contributed by atoms with Crippen LogP contribution in [0.25, 0.3) is 0 Å². The van der Waals surface area contributed by atoms with E-state index in [4.69, 9.17) is 5.11 Å². The number of carboxylic acids is 1. The molecule has 0 heterocycles. The molecule has 0 rings (SSSR count). The molecule has 2 N–H and O–H groups in total. The molecule has 1 unspecified atom stereocenters. The topological polar surface area (TPSA) is 72.9 Å². The van der Waals surface area contributed by atoms with Gasteiger partial charge in [-0.15, -0.1) is 0 Å². The van der Waals surface area contributed by atoms with Crippen molar-refractivity contribution in [2.24, 2.45) is 0 Å². The van der Waals surface area contributed by atoms with E-state index in [0.717, 1.165) is 6.42 Å². The van der Waals surface area contributed by atoms with Gasteiger partial charge in [0.2, 0.25) is 0 Å². The number of nitrogens with zero attached hydrogens (tertiary/aromatic N) is 2. The first-order valence-electron chi connectivity index (χ1n) is 6.55. The number of carboxylic acid groups (broad SMARTS) is 1. The van der Waals surface area contributed by atoms with Gasteiger partial charge in [-0.1, -0.05) is 6.92 Å². The summed E-state index contributed by atoms with van der Waals surface area (Å²) in [6.45, 7) is 7.99. The van der Waals surface area contributed by atoms with Crippen molar-refractivity contribution in [1.82, 2.24) is 15.1 Å². The van der Waals surface area contributed by atoms with Gasteiger partial charge in [0.1, 0.15) is 6.54 Å². The fraction of sp³-hybridized carbons (Fsp3) is 0.846. The lowest BCUT2D eigenvalue weighted by Gasteiger charge is -2.34. The van der Waals surface area contributed by atoms with Crippen LogP contribution in [0.3, 0.4) is 0 Å². The normalized spacial score (nSPS) is 13.2. The highest BCUT2D eigenvalue weighted by atomic mass is 16.4. The maximum absolute atomic E-state index is 12.1. The summed E-state index contributed by atoms with van der Waals surface area (Å²) in [4.78, 5) is 26.3. The average molecular weight is 273 g/mol.